The maximum absolute atomic E-state index is 10.2. The highest BCUT2D eigenvalue weighted by Crippen LogP contribution is 2.38. The summed E-state index contributed by atoms with van der Waals surface area (Å²) in [6.07, 6.45) is 14.8. The predicted octanol–water partition coefficient (Wildman–Crippen LogP) is 3.33. The molecular weight excluding hydrogens is 222 g/mol. The third kappa shape index (κ3) is 2.60. The van der Waals surface area contributed by atoms with Crippen LogP contribution in [0.1, 0.15) is 70.6 Å². The Balaban J connectivity index is 1.68. The van der Waals surface area contributed by atoms with Crippen LogP contribution in [0.3, 0.4) is 0 Å². The summed E-state index contributed by atoms with van der Waals surface area (Å²) >= 11 is 0. The molecule has 0 aromatic carbocycles. The number of nitrogens with zero attached hydrogens (tertiary/aromatic N) is 1. The number of hydrogen-bond acceptors (Lipinski definition) is 2. The minimum absolute atomic E-state index is 0.000749. The van der Waals surface area contributed by atoms with E-state index < -0.39 is 0 Å². The Morgan fingerprint density at radius 2 is 1.50 bits per heavy atom. The minimum Gasteiger partial charge on any atom is -0.393 e. The molecule has 2 aliphatic carbocycles. The molecule has 2 saturated carbocycles. The fourth-order valence-corrected chi connectivity index (χ4v) is 4.72. The molecule has 18 heavy (non-hydrogen) atoms. The van der Waals surface area contributed by atoms with Gasteiger partial charge in [-0.1, -0.05) is 32.1 Å². The monoisotopic (exact) mass is 251 g/mol. The van der Waals surface area contributed by atoms with Crippen molar-refractivity contribution >= 4 is 0 Å². The Morgan fingerprint density at radius 1 is 0.722 bits per heavy atom. The van der Waals surface area contributed by atoms with Crippen molar-refractivity contribution in [1.82, 2.24) is 4.90 Å². The van der Waals surface area contributed by atoms with Crippen molar-refractivity contribution in [2.75, 3.05) is 6.54 Å². The second kappa shape index (κ2) is 5.92. The molecule has 0 spiro atoms. The Morgan fingerprint density at radius 3 is 2.22 bits per heavy atom. The molecule has 2 nitrogen and oxygen atoms in total. The number of aliphatic hydroxyl groups excluding tert-OH is 1. The van der Waals surface area contributed by atoms with Gasteiger partial charge in [-0.2, -0.15) is 0 Å². The van der Waals surface area contributed by atoms with Crippen LogP contribution in [-0.4, -0.2) is 34.7 Å². The molecule has 0 bridgehead atoms. The van der Waals surface area contributed by atoms with Gasteiger partial charge < -0.3 is 5.11 Å². The molecule has 0 amide bonds. The van der Waals surface area contributed by atoms with Crippen LogP contribution < -0.4 is 0 Å². The molecule has 3 fully saturated rings. The van der Waals surface area contributed by atoms with Gasteiger partial charge in [-0.25, -0.2) is 0 Å². The predicted molar refractivity (Wildman–Crippen MR) is 74.6 cm³/mol. The Kier molecular flexibility index (Phi) is 4.25. The van der Waals surface area contributed by atoms with Crippen molar-refractivity contribution in [3.63, 3.8) is 0 Å². The van der Waals surface area contributed by atoms with Crippen molar-refractivity contribution in [2.45, 2.75) is 88.8 Å². The van der Waals surface area contributed by atoms with Crippen LogP contribution >= 0.6 is 0 Å². The first-order valence-electron chi connectivity index (χ1n) is 8.30. The highest BCUT2D eigenvalue weighted by Gasteiger charge is 2.39. The maximum Gasteiger partial charge on any atom is 0.0583 e. The topological polar surface area (TPSA) is 23.5 Å². The Bertz CT molecular complexity index is 262. The van der Waals surface area contributed by atoms with Crippen molar-refractivity contribution in [2.24, 2.45) is 5.92 Å². The summed E-state index contributed by atoms with van der Waals surface area (Å²) in [6.45, 7) is 1.30. The number of piperidine rings is 1. The van der Waals surface area contributed by atoms with Gasteiger partial charge in [0.1, 0.15) is 0 Å². The molecule has 0 radical (unpaired) electrons. The second-order valence-corrected chi connectivity index (χ2v) is 6.75. The van der Waals surface area contributed by atoms with Crippen LogP contribution in [-0.2, 0) is 0 Å². The number of rotatable bonds is 2. The van der Waals surface area contributed by atoms with Gasteiger partial charge in [0.2, 0.25) is 0 Å². The van der Waals surface area contributed by atoms with Gasteiger partial charge in [0.25, 0.3) is 0 Å². The van der Waals surface area contributed by atoms with Crippen LogP contribution in [0.5, 0.6) is 0 Å². The van der Waals surface area contributed by atoms with Gasteiger partial charge in [-0.05, 0) is 45.1 Å². The van der Waals surface area contributed by atoms with Crippen LogP contribution in [0.4, 0.5) is 0 Å². The lowest BCUT2D eigenvalue weighted by Crippen LogP contribution is -2.51. The maximum atomic E-state index is 10.2. The van der Waals surface area contributed by atoms with E-state index in [-0.39, 0.29) is 6.10 Å². The molecule has 104 valence electrons. The lowest BCUT2D eigenvalue weighted by atomic mass is 9.84. The third-order valence-corrected chi connectivity index (χ3v) is 5.66. The van der Waals surface area contributed by atoms with Crippen molar-refractivity contribution in [3.05, 3.63) is 0 Å². The van der Waals surface area contributed by atoms with E-state index in [0.717, 1.165) is 12.5 Å². The molecule has 3 unspecified atom stereocenters. The zero-order chi connectivity index (χ0) is 12.4. The van der Waals surface area contributed by atoms with E-state index in [1.807, 2.05) is 0 Å². The molecule has 3 rings (SSSR count). The molecule has 1 saturated heterocycles. The quantitative estimate of drug-likeness (QED) is 0.813. The van der Waals surface area contributed by atoms with Crippen molar-refractivity contribution in [3.8, 4) is 0 Å². The molecule has 1 N–H and O–H groups in total. The van der Waals surface area contributed by atoms with E-state index in [0.29, 0.717) is 12.0 Å². The first-order valence-corrected chi connectivity index (χ1v) is 8.30. The standard InChI is InChI=1S/C16H29NO/c18-16-11-6-9-14(16)15-10-4-5-12-17(15)13-7-2-1-3-8-13/h13-16,18H,1-12H2. The normalized spacial score (nSPS) is 40.2. The van der Waals surface area contributed by atoms with Crippen LogP contribution in [0.2, 0.25) is 0 Å². The number of hydrogen-bond donors (Lipinski definition) is 1. The zero-order valence-electron chi connectivity index (χ0n) is 11.7. The lowest BCUT2D eigenvalue weighted by molar-refractivity contribution is 0.00211. The minimum atomic E-state index is -0.000749. The third-order valence-electron chi connectivity index (χ3n) is 5.66. The van der Waals surface area contributed by atoms with Crippen LogP contribution in [0, 0.1) is 5.92 Å². The molecule has 1 heterocycles. The van der Waals surface area contributed by atoms with Gasteiger partial charge >= 0.3 is 0 Å². The van der Waals surface area contributed by atoms with Crippen LogP contribution in [0.25, 0.3) is 0 Å². The highest BCUT2D eigenvalue weighted by molar-refractivity contribution is 4.93. The molecule has 3 atom stereocenters. The molecular formula is C16H29NO. The summed E-state index contributed by atoms with van der Waals surface area (Å²) in [4.78, 5) is 2.82. The van der Waals surface area contributed by atoms with E-state index in [1.54, 1.807) is 0 Å². The molecule has 0 aromatic rings. The summed E-state index contributed by atoms with van der Waals surface area (Å²) in [5.41, 5.74) is 0. The molecule has 3 aliphatic rings. The fourth-order valence-electron chi connectivity index (χ4n) is 4.72. The van der Waals surface area contributed by atoms with Gasteiger partial charge in [-0.15, -0.1) is 0 Å². The van der Waals surface area contributed by atoms with Gasteiger partial charge in [0.05, 0.1) is 6.10 Å². The summed E-state index contributed by atoms with van der Waals surface area (Å²) in [6, 6.07) is 1.55. The SMILES string of the molecule is OC1CCCC1C1CCCCN1C1CCCCC1. The lowest BCUT2D eigenvalue weighted by Gasteiger charge is -2.46. The Hall–Kier alpha value is -0.0800. The highest BCUT2D eigenvalue weighted by atomic mass is 16.3. The summed E-state index contributed by atoms with van der Waals surface area (Å²) in [7, 11) is 0. The summed E-state index contributed by atoms with van der Waals surface area (Å²) in [5.74, 6) is 0.590. The second-order valence-electron chi connectivity index (χ2n) is 6.75. The summed E-state index contributed by atoms with van der Waals surface area (Å²) in [5, 5.41) is 10.2. The van der Waals surface area contributed by atoms with Crippen LogP contribution in [0.15, 0.2) is 0 Å². The average molecular weight is 251 g/mol. The molecule has 0 aromatic heterocycles. The average Bonchev–Trinajstić information content (AvgIpc) is 2.86. The molecule has 2 heteroatoms. The zero-order valence-corrected chi connectivity index (χ0v) is 11.7. The van der Waals surface area contributed by atoms with E-state index >= 15 is 0 Å². The first-order chi connectivity index (χ1) is 8.86. The van der Waals surface area contributed by atoms with E-state index in [2.05, 4.69) is 4.90 Å². The molecule has 1 aliphatic heterocycles. The number of likely N-dealkylation sites (tertiary alicyclic amines) is 1. The van der Waals surface area contributed by atoms with Crippen molar-refractivity contribution < 1.29 is 5.11 Å². The Labute approximate surface area is 112 Å². The van der Waals surface area contributed by atoms with E-state index in [9.17, 15) is 5.11 Å². The van der Waals surface area contributed by atoms with E-state index in [1.165, 1.54) is 70.8 Å². The van der Waals surface area contributed by atoms with E-state index in [4.69, 9.17) is 0 Å². The fraction of sp³-hybridized carbons (Fsp3) is 1.00. The summed E-state index contributed by atoms with van der Waals surface area (Å²) < 4.78 is 0. The first kappa shape index (κ1) is 12.9. The van der Waals surface area contributed by atoms with Gasteiger partial charge in [0.15, 0.2) is 0 Å². The van der Waals surface area contributed by atoms with Crippen molar-refractivity contribution in [1.29, 1.82) is 0 Å². The van der Waals surface area contributed by atoms with Gasteiger partial charge in [0, 0.05) is 18.0 Å². The van der Waals surface area contributed by atoms with Gasteiger partial charge in [-0.3, -0.25) is 4.90 Å². The largest absolute Gasteiger partial charge is 0.393 e. The smallest absolute Gasteiger partial charge is 0.0583 e. The number of aliphatic hydroxyl groups is 1.